The van der Waals surface area contributed by atoms with Crippen LogP contribution >= 0.6 is 11.6 Å². The minimum Gasteiger partial charge on any atom is -0.381 e. The molecule has 0 bridgehead atoms. The Kier molecular flexibility index (Phi) is 7.02. The van der Waals surface area contributed by atoms with Crippen molar-refractivity contribution in [2.75, 3.05) is 12.4 Å². The Morgan fingerprint density at radius 1 is 1.00 bits per heavy atom. The molecule has 6 nitrogen and oxygen atoms in total. The first kappa shape index (κ1) is 25.5. The predicted molar refractivity (Wildman–Crippen MR) is 154 cm³/mol. The third-order valence-electron chi connectivity index (χ3n) is 7.41. The number of pyridine rings is 1. The smallest absolute Gasteiger partial charge is 0.125 e. The summed E-state index contributed by atoms with van der Waals surface area (Å²) in [7, 11) is 1.78. The molecule has 2 aromatic carbocycles. The van der Waals surface area contributed by atoms with Crippen LogP contribution in [0.3, 0.4) is 0 Å². The molecule has 0 radical (unpaired) electrons. The van der Waals surface area contributed by atoms with Gasteiger partial charge in [-0.3, -0.25) is 9.98 Å². The number of halogens is 2. The second-order valence-electron chi connectivity index (χ2n) is 9.97. The van der Waals surface area contributed by atoms with E-state index in [0.29, 0.717) is 22.3 Å². The third-order valence-corrected chi connectivity index (χ3v) is 7.66. The van der Waals surface area contributed by atoms with Gasteiger partial charge in [-0.05, 0) is 93.3 Å². The van der Waals surface area contributed by atoms with Crippen LogP contribution in [0.1, 0.15) is 31.4 Å². The second-order valence-corrected chi connectivity index (χ2v) is 10.4. The van der Waals surface area contributed by atoms with E-state index in [0.717, 1.165) is 65.0 Å². The molecule has 1 N–H and O–H groups in total. The summed E-state index contributed by atoms with van der Waals surface area (Å²) < 4.78 is 22.0. The van der Waals surface area contributed by atoms with E-state index in [1.165, 1.54) is 12.1 Å². The van der Waals surface area contributed by atoms with Gasteiger partial charge < -0.3 is 14.6 Å². The number of nitrogens with zero attached hydrogens (tertiary/aromatic N) is 4. The molecule has 8 heteroatoms. The highest BCUT2D eigenvalue weighted by Crippen LogP contribution is 2.32. The Balaban J connectivity index is 1.60. The Labute approximate surface area is 231 Å². The summed E-state index contributed by atoms with van der Waals surface area (Å²) in [5.74, 6) is -0.334. The highest BCUT2D eigenvalue weighted by molar-refractivity contribution is 6.30. The lowest BCUT2D eigenvalue weighted by atomic mass is 9.93. The maximum atomic E-state index is 14.3. The quantitative estimate of drug-likeness (QED) is 0.238. The van der Waals surface area contributed by atoms with Gasteiger partial charge in [0.15, 0.2) is 0 Å². The first-order valence-electron chi connectivity index (χ1n) is 13.2. The molecule has 3 aliphatic rings. The van der Waals surface area contributed by atoms with Crippen LogP contribution in [-0.4, -0.2) is 33.8 Å². The molecule has 2 aliphatic carbocycles. The molecule has 0 spiro atoms. The molecule has 1 aliphatic heterocycles. The molecule has 0 atom stereocenters. The van der Waals surface area contributed by atoms with E-state index in [9.17, 15) is 4.39 Å². The molecule has 39 heavy (non-hydrogen) atoms. The third kappa shape index (κ3) is 5.24. The zero-order valence-corrected chi connectivity index (χ0v) is 22.6. The van der Waals surface area contributed by atoms with Crippen LogP contribution in [-0.2, 0) is 4.74 Å². The fraction of sp³-hybridized carbons (Fsp3) is 0.258. The van der Waals surface area contributed by atoms with Gasteiger partial charge in [0, 0.05) is 30.1 Å². The summed E-state index contributed by atoms with van der Waals surface area (Å²) >= 11 is 6.21. The molecular weight excluding hydrogens is 513 g/mol. The van der Waals surface area contributed by atoms with Gasteiger partial charge in [-0.25, -0.2) is 9.37 Å². The lowest BCUT2D eigenvalue weighted by molar-refractivity contribution is 0.0663. The highest BCUT2D eigenvalue weighted by atomic mass is 35.5. The molecule has 3 aromatic rings. The minimum atomic E-state index is -0.334. The number of methoxy groups -OCH3 is 1. The van der Waals surface area contributed by atoms with E-state index in [-0.39, 0.29) is 11.9 Å². The van der Waals surface area contributed by atoms with Crippen LogP contribution in [0, 0.1) is 12.7 Å². The number of benzene rings is 3. The maximum Gasteiger partial charge on any atom is 0.125 e. The summed E-state index contributed by atoms with van der Waals surface area (Å²) in [4.78, 5) is 14.6. The van der Waals surface area contributed by atoms with Crippen molar-refractivity contribution in [3.63, 3.8) is 0 Å². The number of hydrogen-bond acceptors (Lipinski definition) is 5. The van der Waals surface area contributed by atoms with Gasteiger partial charge in [-0.1, -0.05) is 11.6 Å². The Morgan fingerprint density at radius 2 is 1.79 bits per heavy atom. The number of fused-ring (bicyclic) bond motifs is 2. The monoisotopic (exact) mass is 541 g/mol. The van der Waals surface area contributed by atoms with Gasteiger partial charge in [0.25, 0.3) is 0 Å². The largest absolute Gasteiger partial charge is 0.381 e. The molecule has 0 amide bonds. The molecule has 198 valence electrons. The lowest BCUT2D eigenvalue weighted by Crippen LogP contribution is -2.25. The molecule has 1 fully saturated rings. The molecular formula is C31H29ClFN5O. The van der Waals surface area contributed by atoms with E-state index >= 15 is 0 Å². The summed E-state index contributed by atoms with van der Waals surface area (Å²) in [6.45, 7) is 1.97. The average molecular weight is 542 g/mol. The van der Waals surface area contributed by atoms with Crippen molar-refractivity contribution in [3.05, 3.63) is 94.8 Å². The molecule has 0 saturated heterocycles. The van der Waals surface area contributed by atoms with Crippen molar-refractivity contribution in [2.24, 2.45) is 4.99 Å². The number of aryl methyl sites for hydroxylation is 1. The summed E-state index contributed by atoms with van der Waals surface area (Å²) in [6.07, 6.45) is 5.99. The highest BCUT2D eigenvalue weighted by Gasteiger charge is 2.22. The molecule has 1 saturated carbocycles. The fourth-order valence-corrected chi connectivity index (χ4v) is 5.44. The van der Waals surface area contributed by atoms with Crippen LogP contribution in [0.25, 0.3) is 28.1 Å². The first-order chi connectivity index (χ1) is 19.0. The molecule has 6 rings (SSSR count). The number of hydrogen-bond donors (Lipinski definition) is 1. The van der Waals surface area contributed by atoms with Crippen molar-refractivity contribution < 1.29 is 9.13 Å². The maximum absolute atomic E-state index is 14.3. The van der Waals surface area contributed by atoms with Crippen molar-refractivity contribution >= 4 is 34.0 Å². The summed E-state index contributed by atoms with van der Waals surface area (Å²) in [5.41, 5.74) is 6.45. The predicted octanol–water partition coefficient (Wildman–Crippen LogP) is 7.23. The SMILES string of the molecule is COC1CCC(N=c2cc3n(-c4ccc(Cl)cc4)c4ccc(F)cc4nc-3cc2Nc2cccnc2C)CC1. The van der Waals surface area contributed by atoms with Gasteiger partial charge in [0.05, 0.1) is 57.0 Å². The van der Waals surface area contributed by atoms with E-state index in [1.54, 1.807) is 19.4 Å². The molecule has 2 heterocycles. The number of aromatic nitrogens is 3. The van der Waals surface area contributed by atoms with E-state index < -0.39 is 0 Å². The minimum absolute atomic E-state index is 0.191. The Hall–Kier alpha value is -3.81. The zero-order chi connectivity index (χ0) is 26.9. The molecule has 0 unspecified atom stereocenters. The van der Waals surface area contributed by atoms with Crippen molar-refractivity contribution in [3.8, 4) is 17.1 Å². The van der Waals surface area contributed by atoms with E-state index in [1.807, 2.05) is 49.4 Å². The van der Waals surface area contributed by atoms with Gasteiger partial charge >= 0.3 is 0 Å². The Morgan fingerprint density at radius 3 is 2.54 bits per heavy atom. The Bertz CT molecular complexity index is 1680. The van der Waals surface area contributed by atoms with Gasteiger partial charge in [-0.15, -0.1) is 0 Å². The average Bonchev–Trinajstić information content (AvgIpc) is 2.94. The summed E-state index contributed by atoms with van der Waals surface area (Å²) in [6, 6.07) is 20.5. The van der Waals surface area contributed by atoms with Gasteiger partial charge in [0.2, 0.25) is 0 Å². The van der Waals surface area contributed by atoms with Crippen molar-refractivity contribution in [2.45, 2.75) is 44.8 Å². The normalized spacial score (nSPS) is 18.1. The van der Waals surface area contributed by atoms with Crippen molar-refractivity contribution in [1.29, 1.82) is 0 Å². The lowest BCUT2D eigenvalue weighted by Gasteiger charge is -2.25. The van der Waals surface area contributed by atoms with Crippen molar-refractivity contribution in [1.82, 2.24) is 14.5 Å². The number of nitrogens with one attached hydrogen (secondary N) is 1. The first-order valence-corrected chi connectivity index (χ1v) is 13.5. The van der Waals surface area contributed by atoms with E-state index in [2.05, 4.69) is 20.9 Å². The van der Waals surface area contributed by atoms with Crippen LogP contribution in [0.5, 0.6) is 0 Å². The number of rotatable bonds is 5. The van der Waals surface area contributed by atoms with Crippen LogP contribution in [0.2, 0.25) is 5.02 Å². The van der Waals surface area contributed by atoms with Crippen LogP contribution in [0.4, 0.5) is 15.8 Å². The topological polar surface area (TPSA) is 64.3 Å². The fourth-order valence-electron chi connectivity index (χ4n) is 5.31. The number of anilines is 2. The van der Waals surface area contributed by atoms with E-state index in [4.69, 9.17) is 26.3 Å². The standard InChI is InChI=1S/C31H29ClFN5O/c1-19-25(4-3-15-34-19)36-26-17-29-31(18-27(26)35-22-8-12-24(39-2)13-9-22)38(23-10-5-20(32)6-11-23)30-14-7-21(33)16-28(30)37-29/h3-7,10-11,14-18,22,24,36H,8-9,12-13H2,1-2H3. The zero-order valence-electron chi connectivity index (χ0n) is 21.9. The van der Waals surface area contributed by atoms with Crippen LogP contribution < -0.4 is 10.7 Å². The van der Waals surface area contributed by atoms with Crippen LogP contribution in [0.15, 0.2) is 77.9 Å². The number of ether oxygens (including phenoxy) is 1. The molecule has 1 aromatic heterocycles. The summed E-state index contributed by atoms with van der Waals surface area (Å²) in [5, 5.41) is 5.04. The second kappa shape index (κ2) is 10.8. The van der Waals surface area contributed by atoms with Gasteiger partial charge in [0.1, 0.15) is 5.82 Å². The van der Waals surface area contributed by atoms with Gasteiger partial charge in [-0.2, -0.15) is 0 Å².